The van der Waals surface area contributed by atoms with E-state index >= 15 is 0 Å². The van der Waals surface area contributed by atoms with E-state index < -0.39 is 0 Å². The van der Waals surface area contributed by atoms with Gasteiger partial charge in [0.25, 0.3) is 0 Å². The molecular weight excluding hydrogens is 99.0 g/mol. The van der Waals surface area contributed by atoms with E-state index in [-0.39, 0.29) is 18.8 Å². The summed E-state index contributed by atoms with van der Waals surface area (Å²) in [4.78, 5) is 0. The first kappa shape index (κ1) is 9.83. The lowest BCUT2D eigenvalue weighted by Crippen LogP contribution is -1.33. The standard InChI is InChI=1S/C6H6.Al.H2/c1-3-5-6-4-2;;/h1,3-5H,2H2;;1H. The molecule has 0 atom stereocenters. The topological polar surface area (TPSA) is 0 Å². The molecule has 0 aromatic carbocycles. The van der Waals surface area contributed by atoms with Gasteiger partial charge in [0.2, 0.25) is 0 Å². The SMILES string of the molecule is [Al].[CH-]=CC=C=C[CH2+].[HH]. The second-order valence-corrected chi connectivity index (χ2v) is 0.730. The Balaban J connectivity index is -0.000000125. The molecule has 0 nitrogen and oxygen atoms in total. The number of rotatable bonds is 1. The van der Waals surface area contributed by atoms with Crippen LogP contribution in [0.25, 0.3) is 0 Å². The molecule has 3 radical (unpaired) electrons. The molecule has 0 aliphatic heterocycles. The van der Waals surface area contributed by atoms with E-state index in [2.05, 4.69) is 12.7 Å². The van der Waals surface area contributed by atoms with Crippen LogP contribution in [-0.4, -0.2) is 17.4 Å². The van der Waals surface area contributed by atoms with Gasteiger partial charge in [-0.25, -0.2) is 6.08 Å². The van der Waals surface area contributed by atoms with Gasteiger partial charge in [-0.05, 0) is 5.73 Å². The zero-order chi connectivity index (χ0) is 4.83. The maximum Gasteiger partial charge on any atom is 0.132 e. The zero-order valence-corrected chi connectivity index (χ0v) is 5.25. The second kappa shape index (κ2) is 9.18. The summed E-state index contributed by atoms with van der Waals surface area (Å²) in [6.07, 6.45) is 4.54. The minimum Gasteiger partial charge on any atom is -0.291 e. The van der Waals surface area contributed by atoms with Crippen LogP contribution in [0.5, 0.6) is 0 Å². The van der Waals surface area contributed by atoms with Crippen LogP contribution in [0.3, 0.4) is 0 Å². The van der Waals surface area contributed by atoms with E-state index in [1.54, 1.807) is 12.2 Å². The second-order valence-electron chi connectivity index (χ2n) is 0.730. The highest BCUT2D eigenvalue weighted by Gasteiger charge is 1.45. The molecule has 0 fully saturated rings. The minimum absolute atomic E-state index is 0. The monoisotopic (exact) mass is 107 g/mol. The molecule has 0 N–H and O–H groups in total. The van der Waals surface area contributed by atoms with Crippen LogP contribution >= 0.6 is 0 Å². The summed E-state index contributed by atoms with van der Waals surface area (Å²) in [6, 6.07) is 0. The van der Waals surface area contributed by atoms with Gasteiger partial charge in [0.05, 0.1) is 0 Å². The summed E-state index contributed by atoms with van der Waals surface area (Å²) in [5.74, 6) is 0. The van der Waals surface area contributed by atoms with Crippen molar-refractivity contribution in [2.75, 3.05) is 0 Å². The summed E-state index contributed by atoms with van der Waals surface area (Å²) in [5.41, 5.74) is 2.66. The summed E-state index contributed by atoms with van der Waals surface area (Å²) in [5, 5.41) is 0. The maximum atomic E-state index is 4.92. The van der Waals surface area contributed by atoms with Crippen LogP contribution in [0.15, 0.2) is 24.0 Å². The third-order valence-corrected chi connectivity index (χ3v) is 0.310. The van der Waals surface area contributed by atoms with Crippen molar-refractivity contribution in [3.8, 4) is 0 Å². The van der Waals surface area contributed by atoms with Crippen molar-refractivity contribution in [1.29, 1.82) is 0 Å². The molecule has 0 amide bonds. The molecule has 35 valence electrons. The van der Waals surface area contributed by atoms with Crippen molar-refractivity contribution >= 4 is 17.4 Å². The first-order valence-corrected chi connectivity index (χ1v) is 1.65. The molecular formula is C6H8Al. The Morgan fingerprint density at radius 2 is 2.29 bits per heavy atom. The molecule has 0 aromatic rings. The lowest BCUT2D eigenvalue weighted by molar-refractivity contribution is 2.00. The van der Waals surface area contributed by atoms with Crippen molar-refractivity contribution in [1.82, 2.24) is 0 Å². The van der Waals surface area contributed by atoms with Crippen molar-refractivity contribution in [2.45, 2.75) is 0 Å². The number of allylic oxidation sites excluding steroid dienone is 2. The fourth-order valence-electron chi connectivity index (χ4n) is 0.124. The molecule has 0 aliphatic rings. The van der Waals surface area contributed by atoms with Crippen LogP contribution in [0.2, 0.25) is 0 Å². The Kier molecular flexibility index (Phi) is 12.9. The van der Waals surface area contributed by atoms with E-state index in [4.69, 9.17) is 6.58 Å². The molecule has 0 bridgehead atoms. The highest BCUT2D eigenvalue weighted by atomic mass is 27.0. The Labute approximate surface area is 56.9 Å². The summed E-state index contributed by atoms with van der Waals surface area (Å²) in [6.45, 7) is 8.30. The molecule has 0 spiro atoms. The lowest BCUT2D eigenvalue weighted by atomic mass is 10.5. The number of hydrogen-bond donors (Lipinski definition) is 0. The van der Waals surface area contributed by atoms with Gasteiger partial charge in [-0.15, -0.1) is 0 Å². The first-order valence-electron chi connectivity index (χ1n) is 1.65. The van der Waals surface area contributed by atoms with Crippen molar-refractivity contribution in [2.24, 2.45) is 0 Å². The molecule has 0 unspecified atom stereocenters. The van der Waals surface area contributed by atoms with Crippen LogP contribution < -0.4 is 0 Å². The zero-order valence-electron chi connectivity index (χ0n) is 4.09. The molecule has 0 aliphatic carbocycles. The van der Waals surface area contributed by atoms with E-state index in [9.17, 15) is 0 Å². The quantitative estimate of drug-likeness (QED) is 0.205. The van der Waals surface area contributed by atoms with E-state index in [1.165, 1.54) is 6.08 Å². The van der Waals surface area contributed by atoms with Crippen LogP contribution in [0.4, 0.5) is 0 Å². The lowest BCUT2D eigenvalue weighted by Gasteiger charge is -1.56. The van der Waals surface area contributed by atoms with Gasteiger partial charge in [0.1, 0.15) is 6.08 Å². The molecule has 1 heteroatoms. The van der Waals surface area contributed by atoms with Gasteiger partial charge >= 0.3 is 0 Å². The average Bonchev–Trinajstić information content (AvgIpc) is 1.61. The third kappa shape index (κ3) is 10.7. The van der Waals surface area contributed by atoms with Gasteiger partial charge in [0.15, 0.2) is 0 Å². The predicted octanol–water partition coefficient (Wildman–Crippen LogP) is 1.39. The van der Waals surface area contributed by atoms with Crippen molar-refractivity contribution in [3.63, 3.8) is 0 Å². The highest BCUT2D eigenvalue weighted by Crippen LogP contribution is 1.62. The third-order valence-electron chi connectivity index (χ3n) is 0.310. The number of hydrogen-bond acceptors (Lipinski definition) is 0. The summed E-state index contributed by atoms with van der Waals surface area (Å²) < 4.78 is 0. The Bertz CT molecular complexity index is 90.7. The van der Waals surface area contributed by atoms with Gasteiger partial charge < -0.3 is 0 Å². The van der Waals surface area contributed by atoms with Gasteiger partial charge in [-0.3, -0.25) is 6.58 Å². The largest absolute Gasteiger partial charge is 0.291 e. The molecule has 0 saturated carbocycles. The van der Waals surface area contributed by atoms with E-state index in [0.29, 0.717) is 0 Å². The highest BCUT2D eigenvalue weighted by molar-refractivity contribution is 5.75. The van der Waals surface area contributed by atoms with E-state index in [1.807, 2.05) is 0 Å². The molecule has 0 saturated heterocycles. The van der Waals surface area contributed by atoms with Gasteiger partial charge in [-0.1, -0.05) is 6.08 Å². The first-order chi connectivity index (χ1) is 2.91. The summed E-state index contributed by atoms with van der Waals surface area (Å²) in [7, 11) is 0. The predicted molar refractivity (Wildman–Crippen MR) is 34.7 cm³/mol. The Hall–Kier alpha value is -0.338. The minimum atomic E-state index is 0. The van der Waals surface area contributed by atoms with Crippen LogP contribution in [-0.2, 0) is 0 Å². The van der Waals surface area contributed by atoms with Crippen LogP contribution in [0, 0.1) is 13.5 Å². The fraction of sp³-hybridized carbons (Fsp3) is 0. The Morgan fingerprint density at radius 3 is 2.43 bits per heavy atom. The van der Waals surface area contributed by atoms with Gasteiger partial charge in [-0.2, -0.15) is 0 Å². The molecule has 0 rings (SSSR count). The normalized spacial score (nSPS) is 4.57. The fourth-order valence-corrected chi connectivity index (χ4v) is 0.124. The summed E-state index contributed by atoms with van der Waals surface area (Å²) >= 11 is 0. The smallest absolute Gasteiger partial charge is 0.132 e. The van der Waals surface area contributed by atoms with Gasteiger partial charge in [0, 0.05) is 25.7 Å². The Morgan fingerprint density at radius 1 is 1.71 bits per heavy atom. The molecule has 0 aromatic heterocycles. The van der Waals surface area contributed by atoms with Crippen molar-refractivity contribution < 1.29 is 1.43 Å². The molecule has 0 heterocycles. The molecule has 7 heavy (non-hydrogen) atoms. The van der Waals surface area contributed by atoms with Crippen LogP contribution in [0.1, 0.15) is 1.43 Å². The maximum absolute atomic E-state index is 4.92. The van der Waals surface area contributed by atoms with Crippen molar-refractivity contribution in [3.05, 3.63) is 37.5 Å². The average molecular weight is 107 g/mol. The van der Waals surface area contributed by atoms with E-state index in [0.717, 1.165) is 0 Å².